The Kier molecular flexibility index (Phi) is 3.21. The van der Waals surface area contributed by atoms with E-state index in [2.05, 4.69) is 41.0 Å². The second-order valence-electron chi connectivity index (χ2n) is 9.41. The molecule has 27 heavy (non-hydrogen) atoms. The molecule has 0 radical (unpaired) electrons. The fourth-order valence-corrected chi connectivity index (χ4v) is 7.88. The van der Waals surface area contributed by atoms with Crippen LogP contribution in [0.4, 0.5) is 5.69 Å². The Balaban J connectivity index is 1.60. The lowest BCUT2D eigenvalue weighted by atomic mass is 9.50. The summed E-state index contributed by atoms with van der Waals surface area (Å²) in [5, 5.41) is 0. The Labute approximate surface area is 161 Å². The van der Waals surface area contributed by atoms with Crippen LogP contribution in [-0.2, 0) is 14.9 Å². The number of piperidine rings is 1. The van der Waals surface area contributed by atoms with Crippen molar-refractivity contribution in [3.8, 4) is 0 Å². The van der Waals surface area contributed by atoms with Gasteiger partial charge in [-0.2, -0.15) is 0 Å². The zero-order chi connectivity index (χ0) is 18.3. The molecule has 1 aliphatic carbocycles. The van der Waals surface area contributed by atoms with E-state index in [1.807, 2.05) is 0 Å². The molecule has 0 unspecified atom stereocenters. The minimum absolute atomic E-state index is 0.0395. The molecule has 4 nitrogen and oxygen atoms in total. The van der Waals surface area contributed by atoms with Crippen molar-refractivity contribution in [1.29, 1.82) is 0 Å². The first-order valence-corrected chi connectivity index (χ1v) is 11.0. The second kappa shape index (κ2) is 5.28. The monoisotopic (exact) mass is 366 g/mol. The summed E-state index contributed by atoms with van der Waals surface area (Å²) in [5.74, 6) is 0.328. The number of nitrogens with zero attached hydrogens (tertiary/aromatic N) is 2. The molecule has 4 atom stereocenters. The van der Waals surface area contributed by atoms with Gasteiger partial charge in [0.15, 0.2) is 5.72 Å². The third-order valence-corrected chi connectivity index (χ3v) is 8.73. The molecule has 1 aromatic carbocycles. The summed E-state index contributed by atoms with van der Waals surface area (Å²) in [6.45, 7) is 5.08. The van der Waals surface area contributed by atoms with E-state index in [0.717, 1.165) is 39.0 Å². The molecule has 2 spiro atoms. The molecule has 5 aliphatic rings. The Bertz CT molecular complexity index is 809. The maximum absolute atomic E-state index is 13.0. The van der Waals surface area contributed by atoms with Crippen molar-refractivity contribution in [2.24, 2.45) is 5.41 Å². The summed E-state index contributed by atoms with van der Waals surface area (Å²) in [4.78, 5) is 17.9. The number of benzene rings is 1. The van der Waals surface area contributed by atoms with Gasteiger partial charge in [0, 0.05) is 36.7 Å². The highest BCUT2D eigenvalue weighted by Gasteiger charge is 2.80. The van der Waals surface area contributed by atoms with Gasteiger partial charge in [0.05, 0.1) is 12.0 Å². The standard InChI is InChI=1S/C23H30N2O2/c1-2-3-14-24-18-7-5-4-6-17(18)22-12-15-25-20(26)9-11-21(10-8-19(22)24)13-16-27-23(21,22)25/h4-7,19H,2-3,8-16H2,1H3/t19-,21+,22-,23+/m1/s1. The zero-order valence-electron chi connectivity index (χ0n) is 16.4. The van der Waals surface area contributed by atoms with Crippen LogP contribution in [0.2, 0.25) is 0 Å². The zero-order valence-corrected chi connectivity index (χ0v) is 16.4. The van der Waals surface area contributed by atoms with Crippen molar-refractivity contribution >= 4 is 11.6 Å². The number of carbonyl (C=O) groups is 1. The van der Waals surface area contributed by atoms with Gasteiger partial charge in [0.25, 0.3) is 0 Å². The van der Waals surface area contributed by atoms with Crippen molar-refractivity contribution in [1.82, 2.24) is 4.90 Å². The normalized spacial score (nSPS) is 41.4. The lowest BCUT2D eigenvalue weighted by Crippen LogP contribution is -2.73. The highest BCUT2D eigenvalue weighted by atomic mass is 16.5. The average Bonchev–Trinajstić information content (AvgIpc) is 3.33. The molecule has 3 saturated heterocycles. The van der Waals surface area contributed by atoms with Crippen molar-refractivity contribution in [3.05, 3.63) is 29.8 Å². The highest BCUT2D eigenvalue weighted by molar-refractivity contribution is 5.81. The molecular formula is C23H30N2O2. The van der Waals surface area contributed by atoms with E-state index in [0.29, 0.717) is 18.4 Å². The van der Waals surface area contributed by atoms with Gasteiger partial charge in [-0.05, 0) is 50.2 Å². The number of rotatable bonds is 3. The quantitative estimate of drug-likeness (QED) is 0.815. The van der Waals surface area contributed by atoms with Gasteiger partial charge in [-0.15, -0.1) is 0 Å². The maximum Gasteiger partial charge on any atom is 0.224 e. The molecule has 1 saturated carbocycles. The largest absolute Gasteiger partial charge is 0.367 e. The van der Waals surface area contributed by atoms with Crippen LogP contribution >= 0.6 is 0 Å². The number of unbranched alkanes of at least 4 members (excludes halogenated alkanes) is 1. The number of hydrogen-bond donors (Lipinski definition) is 0. The third-order valence-electron chi connectivity index (χ3n) is 8.73. The lowest BCUT2D eigenvalue weighted by molar-refractivity contribution is -0.229. The minimum atomic E-state index is -0.394. The summed E-state index contributed by atoms with van der Waals surface area (Å²) in [6.07, 6.45) is 8.82. The predicted molar refractivity (Wildman–Crippen MR) is 105 cm³/mol. The Morgan fingerprint density at radius 2 is 2.07 bits per heavy atom. The molecule has 0 bridgehead atoms. The number of anilines is 1. The van der Waals surface area contributed by atoms with Crippen LogP contribution in [0.5, 0.6) is 0 Å². The second-order valence-corrected chi connectivity index (χ2v) is 9.41. The lowest BCUT2D eigenvalue weighted by Gasteiger charge is -2.62. The predicted octanol–water partition coefficient (Wildman–Crippen LogP) is 3.84. The number of ether oxygens (including phenoxy) is 1. The van der Waals surface area contributed by atoms with Crippen LogP contribution in [0.25, 0.3) is 0 Å². The van der Waals surface area contributed by atoms with E-state index in [4.69, 9.17) is 4.74 Å². The first kappa shape index (κ1) is 16.4. The summed E-state index contributed by atoms with van der Waals surface area (Å²) < 4.78 is 6.79. The molecule has 4 heteroatoms. The smallest absolute Gasteiger partial charge is 0.224 e. The molecule has 4 heterocycles. The Morgan fingerprint density at radius 3 is 2.96 bits per heavy atom. The van der Waals surface area contributed by atoms with Crippen molar-refractivity contribution in [2.75, 3.05) is 24.6 Å². The molecule has 6 rings (SSSR count). The summed E-state index contributed by atoms with van der Waals surface area (Å²) >= 11 is 0. The first-order valence-electron chi connectivity index (χ1n) is 11.0. The van der Waals surface area contributed by atoms with E-state index in [1.165, 1.54) is 36.9 Å². The Morgan fingerprint density at radius 1 is 1.19 bits per heavy atom. The minimum Gasteiger partial charge on any atom is -0.367 e. The van der Waals surface area contributed by atoms with Gasteiger partial charge in [-0.25, -0.2) is 0 Å². The van der Waals surface area contributed by atoms with Gasteiger partial charge >= 0.3 is 0 Å². The fourth-order valence-electron chi connectivity index (χ4n) is 7.88. The van der Waals surface area contributed by atoms with E-state index in [9.17, 15) is 4.79 Å². The van der Waals surface area contributed by atoms with Crippen molar-refractivity contribution in [3.63, 3.8) is 0 Å². The molecule has 4 aliphatic heterocycles. The topological polar surface area (TPSA) is 32.8 Å². The number of carbonyl (C=O) groups excluding carboxylic acids is 1. The maximum atomic E-state index is 13.0. The first-order chi connectivity index (χ1) is 13.2. The molecule has 1 amide bonds. The van der Waals surface area contributed by atoms with Crippen molar-refractivity contribution < 1.29 is 9.53 Å². The average molecular weight is 367 g/mol. The van der Waals surface area contributed by atoms with Crippen LogP contribution < -0.4 is 4.90 Å². The van der Waals surface area contributed by atoms with Gasteiger partial charge in [0.2, 0.25) is 5.91 Å². The van der Waals surface area contributed by atoms with Gasteiger partial charge in [0.1, 0.15) is 0 Å². The van der Waals surface area contributed by atoms with Crippen LogP contribution in [0.3, 0.4) is 0 Å². The molecule has 4 fully saturated rings. The van der Waals surface area contributed by atoms with E-state index in [1.54, 1.807) is 0 Å². The van der Waals surface area contributed by atoms with E-state index < -0.39 is 5.72 Å². The molecule has 0 aromatic heterocycles. The van der Waals surface area contributed by atoms with Crippen LogP contribution in [0, 0.1) is 5.41 Å². The summed E-state index contributed by atoms with van der Waals surface area (Å²) in [5.41, 5.74) is 2.62. The van der Waals surface area contributed by atoms with Crippen LogP contribution in [0.15, 0.2) is 24.3 Å². The summed E-state index contributed by atoms with van der Waals surface area (Å²) in [6, 6.07) is 9.53. The van der Waals surface area contributed by atoms with E-state index >= 15 is 0 Å². The molecule has 1 aromatic rings. The number of fused-ring (bicyclic) bond motifs is 1. The highest BCUT2D eigenvalue weighted by Crippen LogP contribution is 2.73. The third kappa shape index (κ3) is 1.61. The number of hydrogen-bond acceptors (Lipinski definition) is 3. The molecule has 144 valence electrons. The Hall–Kier alpha value is -1.55. The molecular weight excluding hydrogens is 336 g/mol. The summed E-state index contributed by atoms with van der Waals surface area (Å²) in [7, 11) is 0. The van der Waals surface area contributed by atoms with Crippen LogP contribution in [-0.4, -0.2) is 42.3 Å². The van der Waals surface area contributed by atoms with Gasteiger partial charge in [-0.3, -0.25) is 4.79 Å². The van der Waals surface area contributed by atoms with Gasteiger partial charge < -0.3 is 14.5 Å². The van der Waals surface area contributed by atoms with Crippen LogP contribution in [0.1, 0.15) is 63.9 Å². The number of para-hydroxylation sites is 1. The van der Waals surface area contributed by atoms with Gasteiger partial charge in [-0.1, -0.05) is 31.5 Å². The van der Waals surface area contributed by atoms with E-state index in [-0.39, 0.29) is 10.8 Å². The van der Waals surface area contributed by atoms with Crippen molar-refractivity contribution in [2.45, 2.75) is 75.5 Å². The number of amides is 1. The molecule has 0 N–H and O–H groups in total. The SMILES string of the molecule is CCCCN1c2ccccc2[C@@]23CCN4C(=O)CC[C@]5(CCO[C@@]452)CC[C@@H]13. The fraction of sp³-hybridized carbons (Fsp3) is 0.696.